The Morgan fingerprint density at radius 2 is 1.68 bits per heavy atom. The number of benzene rings is 3. The number of nitrogens with one attached hydrogen (secondary N) is 2. The molecule has 0 heterocycles. The number of carbonyl (C=O) groups excluding carboxylic acids is 1. The van der Waals surface area contributed by atoms with E-state index in [0.717, 1.165) is 22.3 Å². The Kier molecular flexibility index (Phi) is 8.12. The number of sulfonamides is 1. The number of carbonyl (C=O) groups is 1. The molecule has 3 aromatic rings. The zero-order valence-electron chi connectivity index (χ0n) is 20.3. The van der Waals surface area contributed by atoms with Crippen molar-refractivity contribution in [1.82, 2.24) is 4.72 Å². The van der Waals surface area contributed by atoms with Crippen molar-refractivity contribution < 1.29 is 17.9 Å². The van der Waals surface area contributed by atoms with Gasteiger partial charge in [0.25, 0.3) is 0 Å². The van der Waals surface area contributed by atoms with Crippen LogP contribution in [0.3, 0.4) is 0 Å². The fourth-order valence-corrected chi connectivity index (χ4v) is 5.04. The summed E-state index contributed by atoms with van der Waals surface area (Å²) < 4.78 is 35.0. The summed E-state index contributed by atoms with van der Waals surface area (Å²) in [6.07, 6.45) is 0.197. The van der Waals surface area contributed by atoms with E-state index in [4.69, 9.17) is 4.74 Å². The molecule has 0 aliphatic heterocycles. The molecule has 3 rings (SSSR count). The van der Waals surface area contributed by atoms with Crippen molar-refractivity contribution in [3.05, 3.63) is 89.0 Å². The molecular formula is C27H32N2O4S. The van der Waals surface area contributed by atoms with E-state index in [-0.39, 0.29) is 23.0 Å². The number of aryl methyl sites for hydroxylation is 2. The van der Waals surface area contributed by atoms with Gasteiger partial charge in [0, 0.05) is 5.69 Å². The third kappa shape index (κ3) is 6.24. The molecule has 0 fully saturated rings. The van der Waals surface area contributed by atoms with Crippen LogP contribution in [0.1, 0.15) is 42.0 Å². The van der Waals surface area contributed by atoms with Crippen molar-refractivity contribution in [3.8, 4) is 5.75 Å². The zero-order valence-corrected chi connectivity index (χ0v) is 21.1. The molecule has 6 nitrogen and oxygen atoms in total. The van der Waals surface area contributed by atoms with Crippen LogP contribution in [0.4, 0.5) is 5.69 Å². The first-order chi connectivity index (χ1) is 16.1. The molecule has 0 aromatic heterocycles. The summed E-state index contributed by atoms with van der Waals surface area (Å²) in [5.74, 6) is -0.0713. The van der Waals surface area contributed by atoms with E-state index in [0.29, 0.717) is 5.69 Å². The largest absolute Gasteiger partial charge is 0.495 e. The maximum absolute atomic E-state index is 13.5. The predicted octanol–water partition coefficient (Wildman–Crippen LogP) is 4.96. The lowest BCUT2D eigenvalue weighted by molar-refractivity contribution is -0.117. The smallest absolute Gasteiger partial charge is 0.245 e. The number of methoxy groups -OCH3 is 1. The minimum Gasteiger partial charge on any atom is -0.495 e. The second-order valence-electron chi connectivity index (χ2n) is 8.74. The van der Waals surface area contributed by atoms with Gasteiger partial charge >= 0.3 is 0 Å². The average Bonchev–Trinajstić information content (AvgIpc) is 2.81. The predicted molar refractivity (Wildman–Crippen MR) is 136 cm³/mol. The highest BCUT2D eigenvalue weighted by atomic mass is 32.2. The van der Waals surface area contributed by atoms with Crippen LogP contribution in [-0.4, -0.2) is 27.5 Å². The number of hydrogen-bond donors (Lipinski definition) is 2. The number of rotatable bonds is 9. The summed E-state index contributed by atoms with van der Waals surface area (Å²) >= 11 is 0. The maximum atomic E-state index is 13.5. The molecule has 0 saturated carbocycles. The first-order valence-corrected chi connectivity index (χ1v) is 12.7. The highest BCUT2D eigenvalue weighted by Gasteiger charge is 2.29. The van der Waals surface area contributed by atoms with E-state index in [1.54, 1.807) is 12.1 Å². The van der Waals surface area contributed by atoms with Crippen molar-refractivity contribution >= 4 is 21.6 Å². The molecular weight excluding hydrogens is 448 g/mol. The third-order valence-corrected chi connectivity index (χ3v) is 7.18. The van der Waals surface area contributed by atoms with Gasteiger partial charge in [0.2, 0.25) is 15.9 Å². The molecule has 0 radical (unpaired) electrons. The number of amides is 1. The van der Waals surface area contributed by atoms with Crippen molar-refractivity contribution in [2.24, 2.45) is 0 Å². The minimum atomic E-state index is -4.07. The van der Waals surface area contributed by atoms with Gasteiger partial charge in [-0.1, -0.05) is 62.4 Å². The molecule has 1 atom stereocenters. The Balaban J connectivity index is 1.97. The van der Waals surface area contributed by atoms with Gasteiger partial charge < -0.3 is 10.1 Å². The Morgan fingerprint density at radius 3 is 2.32 bits per heavy atom. The van der Waals surface area contributed by atoms with Gasteiger partial charge in [-0.25, -0.2) is 8.42 Å². The standard InChI is InChI=1S/C27H32N2O4S/c1-18(2)22-13-14-25(33-5)26(17-22)34(31,32)29-24(16-21-9-7-6-8-10-21)27(30)28-23-15-19(3)11-12-20(23)4/h6-15,17-18,24,29H,16H2,1-5H3,(H,28,30). The first-order valence-electron chi connectivity index (χ1n) is 11.2. The van der Waals surface area contributed by atoms with Crippen LogP contribution in [0, 0.1) is 13.8 Å². The second-order valence-corrected chi connectivity index (χ2v) is 10.4. The highest BCUT2D eigenvalue weighted by molar-refractivity contribution is 7.89. The van der Waals surface area contributed by atoms with E-state index in [9.17, 15) is 13.2 Å². The molecule has 0 bridgehead atoms. The van der Waals surface area contributed by atoms with Gasteiger partial charge in [0.1, 0.15) is 16.7 Å². The first kappa shape index (κ1) is 25.5. The average molecular weight is 481 g/mol. The van der Waals surface area contributed by atoms with E-state index in [1.807, 2.05) is 82.3 Å². The monoisotopic (exact) mass is 480 g/mol. The Morgan fingerprint density at radius 1 is 0.971 bits per heavy atom. The lowest BCUT2D eigenvalue weighted by Gasteiger charge is -2.21. The van der Waals surface area contributed by atoms with Crippen LogP contribution in [0.25, 0.3) is 0 Å². The fraction of sp³-hybridized carbons (Fsp3) is 0.296. The van der Waals surface area contributed by atoms with E-state index in [2.05, 4.69) is 10.0 Å². The highest BCUT2D eigenvalue weighted by Crippen LogP contribution is 2.28. The lowest BCUT2D eigenvalue weighted by Crippen LogP contribution is -2.45. The van der Waals surface area contributed by atoms with Crippen LogP contribution in [-0.2, 0) is 21.2 Å². The second kappa shape index (κ2) is 10.8. The molecule has 180 valence electrons. The number of anilines is 1. The third-order valence-electron chi connectivity index (χ3n) is 5.69. The van der Waals surface area contributed by atoms with Crippen molar-refractivity contribution in [1.29, 1.82) is 0 Å². The Bertz CT molecular complexity index is 1250. The van der Waals surface area contributed by atoms with Crippen LogP contribution in [0.2, 0.25) is 0 Å². The molecule has 3 aromatic carbocycles. The molecule has 0 aliphatic rings. The fourth-order valence-electron chi connectivity index (χ4n) is 3.64. The van der Waals surface area contributed by atoms with Gasteiger partial charge in [0.15, 0.2) is 0 Å². The number of hydrogen-bond acceptors (Lipinski definition) is 4. The molecule has 7 heteroatoms. The molecule has 2 N–H and O–H groups in total. The summed E-state index contributed by atoms with van der Waals surface area (Å²) in [7, 11) is -2.64. The number of ether oxygens (including phenoxy) is 1. The van der Waals surface area contributed by atoms with Crippen molar-refractivity contribution in [3.63, 3.8) is 0 Å². The summed E-state index contributed by atoms with van der Waals surface area (Å²) in [5, 5.41) is 2.91. The Labute approximate surface area is 202 Å². The minimum absolute atomic E-state index is 0.0128. The summed E-state index contributed by atoms with van der Waals surface area (Å²) in [6, 6.07) is 19.2. The van der Waals surface area contributed by atoms with Crippen LogP contribution in [0.15, 0.2) is 71.6 Å². The molecule has 34 heavy (non-hydrogen) atoms. The topological polar surface area (TPSA) is 84.5 Å². The molecule has 0 spiro atoms. The normalized spacial score (nSPS) is 12.4. The zero-order chi connectivity index (χ0) is 24.9. The van der Waals surface area contributed by atoms with Gasteiger partial charge in [-0.2, -0.15) is 4.72 Å². The molecule has 0 aliphatic carbocycles. The van der Waals surface area contributed by atoms with E-state index < -0.39 is 22.0 Å². The van der Waals surface area contributed by atoms with E-state index >= 15 is 0 Å². The van der Waals surface area contributed by atoms with Crippen LogP contribution in [0.5, 0.6) is 5.75 Å². The quantitative estimate of drug-likeness (QED) is 0.453. The van der Waals surface area contributed by atoms with Gasteiger partial charge in [-0.15, -0.1) is 0 Å². The van der Waals surface area contributed by atoms with Gasteiger partial charge in [-0.05, 0) is 66.6 Å². The SMILES string of the molecule is COc1ccc(C(C)C)cc1S(=O)(=O)NC(Cc1ccccc1)C(=O)Nc1cc(C)ccc1C. The summed E-state index contributed by atoms with van der Waals surface area (Å²) in [5.41, 5.74) is 4.25. The molecule has 1 amide bonds. The van der Waals surface area contributed by atoms with Crippen LogP contribution < -0.4 is 14.8 Å². The van der Waals surface area contributed by atoms with E-state index in [1.165, 1.54) is 7.11 Å². The molecule has 0 saturated heterocycles. The Hall–Kier alpha value is -3.16. The van der Waals surface area contributed by atoms with Crippen molar-refractivity contribution in [2.45, 2.75) is 51.0 Å². The van der Waals surface area contributed by atoms with Crippen molar-refractivity contribution in [2.75, 3.05) is 12.4 Å². The summed E-state index contributed by atoms with van der Waals surface area (Å²) in [4.78, 5) is 13.4. The molecule has 1 unspecified atom stereocenters. The van der Waals surface area contributed by atoms with Gasteiger partial charge in [0.05, 0.1) is 7.11 Å². The lowest BCUT2D eigenvalue weighted by atomic mass is 10.0. The summed E-state index contributed by atoms with van der Waals surface area (Å²) in [6.45, 7) is 7.81. The van der Waals surface area contributed by atoms with Crippen LogP contribution >= 0.6 is 0 Å². The van der Waals surface area contributed by atoms with Gasteiger partial charge in [-0.3, -0.25) is 4.79 Å². The maximum Gasteiger partial charge on any atom is 0.245 e.